The van der Waals surface area contributed by atoms with Crippen LogP contribution in [-0.4, -0.2) is 25.5 Å². The lowest BCUT2D eigenvalue weighted by molar-refractivity contribution is -0.138. The monoisotopic (exact) mass is 277 g/mol. The summed E-state index contributed by atoms with van der Waals surface area (Å²) in [4.78, 5) is 0.649. The summed E-state index contributed by atoms with van der Waals surface area (Å²) in [5.41, 5.74) is -0.277. The summed E-state index contributed by atoms with van der Waals surface area (Å²) < 4.78 is 43.8. The Kier molecular flexibility index (Phi) is 4.19. The number of halogens is 3. The average Bonchev–Trinajstić information content (AvgIpc) is 2.24. The molecule has 18 heavy (non-hydrogen) atoms. The van der Waals surface area contributed by atoms with Gasteiger partial charge in [0.2, 0.25) is 0 Å². The molecule has 1 fully saturated rings. The van der Waals surface area contributed by atoms with Crippen LogP contribution >= 0.6 is 11.8 Å². The van der Waals surface area contributed by atoms with Gasteiger partial charge in [0.25, 0.3) is 0 Å². The lowest BCUT2D eigenvalue weighted by atomic mass is 10.1. The Bertz CT molecular complexity index is 418. The van der Waals surface area contributed by atoms with Crippen molar-refractivity contribution in [3.63, 3.8) is 0 Å². The summed E-state index contributed by atoms with van der Waals surface area (Å²) in [6, 6.07) is 4.52. The number of hydrogen-bond donors (Lipinski definition) is 1. The Morgan fingerprint density at radius 1 is 1.39 bits per heavy atom. The van der Waals surface area contributed by atoms with E-state index in [9.17, 15) is 13.2 Å². The van der Waals surface area contributed by atoms with Crippen LogP contribution in [0, 0.1) is 0 Å². The highest BCUT2D eigenvalue weighted by atomic mass is 32.2. The summed E-state index contributed by atoms with van der Waals surface area (Å²) >= 11 is 1.44. The SMILES string of the molecule is CNCc1ccc(SC2COC2)cc1C(F)(F)F. The van der Waals surface area contributed by atoms with Gasteiger partial charge < -0.3 is 10.1 Å². The molecule has 0 unspecified atom stereocenters. The number of thioether (sulfide) groups is 1. The molecule has 1 N–H and O–H groups in total. The molecule has 1 aromatic rings. The highest BCUT2D eigenvalue weighted by Crippen LogP contribution is 2.36. The van der Waals surface area contributed by atoms with E-state index in [1.807, 2.05) is 0 Å². The molecule has 100 valence electrons. The van der Waals surface area contributed by atoms with Crippen molar-refractivity contribution in [2.45, 2.75) is 22.9 Å². The molecule has 2 nitrogen and oxygen atoms in total. The standard InChI is InChI=1S/C12H14F3NOS/c1-16-5-8-2-3-9(18-10-6-17-7-10)4-11(8)12(13,14)15/h2-4,10,16H,5-7H2,1H3. The molecule has 0 atom stereocenters. The molecule has 0 aliphatic carbocycles. The zero-order valence-electron chi connectivity index (χ0n) is 9.88. The van der Waals surface area contributed by atoms with Crippen LogP contribution in [0.2, 0.25) is 0 Å². The van der Waals surface area contributed by atoms with Gasteiger partial charge in [-0.3, -0.25) is 0 Å². The van der Waals surface area contributed by atoms with Crippen LogP contribution in [0.25, 0.3) is 0 Å². The Labute approximate surface area is 108 Å². The van der Waals surface area contributed by atoms with Crippen LogP contribution in [0.1, 0.15) is 11.1 Å². The molecule has 6 heteroatoms. The van der Waals surface area contributed by atoms with E-state index >= 15 is 0 Å². The first kappa shape index (κ1) is 13.7. The van der Waals surface area contributed by atoms with E-state index in [0.29, 0.717) is 18.1 Å². The van der Waals surface area contributed by atoms with Gasteiger partial charge >= 0.3 is 6.18 Å². The summed E-state index contributed by atoms with van der Waals surface area (Å²) in [5, 5.41) is 3.03. The molecule has 0 amide bonds. The third kappa shape index (κ3) is 3.18. The highest BCUT2D eigenvalue weighted by molar-refractivity contribution is 8.00. The van der Waals surface area contributed by atoms with Gasteiger partial charge in [0.1, 0.15) is 0 Å². The third-order valence-corrected chi connectivity index (χ3v) is 3.80. The minimum absolute atomic E-state index is 0.215. The minimum Gasteiger partial charge on any atom is -0.379 e. The van der Waals surface area contributed by atoms with Gasteiger partial charge in [-0.2, -0.15) is 13.2 Å². The second-order valence-corrected chi connectivity index (χ2v) is 5.50. The largest absolute Gasteiger partial charge is 0.416 e. The molecule has 1 saturated heterocycles. The molecular weight excluding hydrogens is 263 g/mol. The van der Waals surface area contributed by atoms with Gasteiger partial charge in [-0.05, 0) is 24.7 Å². The number of ether oxygens (including phenoxy) is 1. The first-order chi connectivity index (χ1) is 8.50. The van der Waals surface area contributed by atoms with Gasteiger partial charge in [-0.15, -0.1) is 11.8 Å². The number of alkyl halides is 3. The molecule has 1 heterocycles. The van der Waals surface area contributed by atoms with Crippen molar-refractivity contribution >= 4 is 11.8 Å². The molecule has 0 aromatic heterocycles. The zero-order valence-corrected chi connectivity index (χ0v) is 10.7. The van der Waals surface area contributed by atoms with Crippen molar-refractivity contribution in [1.82, 2.24) is 5.32 Å². The second kappa shape index (κ2) is 5.50. The van der Waals surface area contributed by atoms with Crippen molar-refractivity contribution in [3.05, 3.63) is 29.3 Å². The number of benzene rings is 1. The van der Waals surface area contributed by atoms with Crippen LogP contribution < -0.4 is 5.32 Å². The Morgan fingerprint density at radius 3 is 2.61 bits per heavy atom. The topological polar surface area (TPSA) is 21.3 Å². The second-order valence-electron chi connectivity index (χ2n) is 4.12. The maximum Gasteiger partial charge on any atom is 0.416 e. The van der Waals surface area contributed by atoms with E-state index in [4.69, 9.17) is 4.74 Å². The van der Waals surface area contributed by atoms with E-state index < -0.39 is 11.7 Å². The Hall–Kier alpha value is -0.720. The van der Waals surface area contributed by atoms with Crippen molar-refractivity contribution in [2.24, 2.45) is 0 Å². The fourth-order valence-corrected chi connectivity index (χ4v) is 2.76. The van der Waals surface area contributed by atoms with Crippen LogP contribution in [0.3, 0.4) is 0 Å². The number of nitrogens with one attached hydrogen (secondary N) is 1. The summed E-state index contributed by atoms with van der Waals surface area (Å²) in [6.07, 6.45) is -4.31. The minimum atomic E-state index is -4.31. The normalized spacial score (nSPS) is 16.7. The predicted molar refractivity (Wildman–Crippen MR) is 64.7 cm³/mol. The van der Waals surface area contributed by atoms with E-state index in [-0.39, 0.29) is 17.4 Å². The summed E-state index contributed by atoms with van der Waals surface area (Å²) in [5.74, 6) is 0. The maximum absolute atomic E-state index is 12.9. The van der Waals surface area contributed by atoms with Gasteiger partial charge in [-0.1, -0.05) is 6.07 Å². The highest BCUT2D eigenvalue weighted by Gasteiger charge is 2.33. The van der Waals surface area contributed by atoms with Gasteiger partial charge in [0.05, 0.1) is 24.0 Å². The smallest absolute Gasteiger partial charge is 0.379 e. The number of hydrogen-bond acceptors (Lipinski definition) is 3. The molecule has 1 aliphatic heterocycles. The van der Waals surface area contributed by atoms with Crippen molar-refractivity contribution in [2.75, 3.05) is 20.3 Å². The fourth-order valence-electron chi connectivity index (χ4n) is 1.71. The van der Waals surface area contributed by atoms with E-state index in [0.717, 1.165) is 0 Å². The molecule has 0 spiro atoms. The van der Waals surface area contributed by atoms with Gasteiger partial charge in [-0.25, -0.2) is 0 Å². The van der Waals surface area contributed by atoms with E-state index in [1.165, 1.54) is 17.8 Å². The first-order valence-electron chi connectivity index (χ1n) is 5.60. The first-order valence-corrected chi connectivity index (χ1v) is 6.48. The lowest BCUT2D eigenvalue weighted by Gasteiger charge is -2.25. The lowest BCUT2D eigenvalue weighted by Crippen LogP contribution is -2.30. The van der Waals surface area contributed by atoms with Crippen molar-refractivity contribution in [3.8, 4) is 0 Å². The van der Waals surface area contributed by atoms with Crippen molar-refractivity contribution < 1.29 is 17.9 Å². The summed E-state index contributed by atoms with van der Waals surface area (Å²) in [6.45, 7) is 1.45. The van der Waals surface area contributed by atoms with Gasteiger partial charge in [0.15, 0.2) is 0 Å². The van der Waals surface area contributed by atoms with Crippen molar-refractivity contribution in [1.29, 1.82) is 0 Å². The fraction of sp³-hybridized carbons (Fsp3) is 0.500. The molecule has 0 bridgehead atoms. The summed E-state index contributed by atoms with van der Waals surface area (Å²) in [7, 11) is 1.63. The number of rotatable bonds is 4. The molecule has 1 aromatic carbocycles. The molecule has 0 radical (unpaired) electrons. The molecule has 1 aliphatic rings. The molecule has 2 rings (SSSR count). The maximum atomic E-state index is 12.9. The van der Waals surface area contributed by atoms with E-state index in [2.05, 4.69) is 5.32 Å². The average molecular weight is 277 g/mol. The third-order valence-electron chi connectivity index (χ3n) is 2.66. The Morgan fingerprint density at radius 2 is 2.11 bits per heavy atom. The Balaban J connectivity index is 2.23. The molecule has 0 saturated carbocycles. The van der Waals surface area contributed by atoms with Gasteiger partial charge in [0, 0.05) is 11.4 Å². The zero-order chi connectivity index (χ0) is 13.2. The predicted octanol–water partition coefficient (Wildman–Crippen LogP) is 2.92. The van der Waals surface area contributed by atoms with Crippen LogP contribution in [-0.2, 0) is 17.5 Å². The van der Waals surface area contributed by atoms with E-state index in [1.54, 1.807) is 19.2 Å². The van der Waals surface area contributed by atoms with Crippen LogP contribution in [0.15, 0.2) is 23.1 Å². The molecular formula is C12H14F3NOS. The van der Waals surface area contributed by atoms with Crippen LogP contribution in [0.5, 0.6) is 0 Å². The van der Waals surface area contributed by atoms with Crippen LogP contribution in [0.4, 0.5) is 13.2 Å². The quantitative estimate of drug-likeness (QED) is 0.914.